The lowest BCUT2D eigenvalue weighted by Crippen LogP contribution is -2.50. The van der Waals surface area contributed by atoms with Gasteiger partial charge in [-0.25, -0.2) is 12.8 Å². The third-order valence-corrected chi connectivity index (χ3v) is 6.18. The average molecular weight is 477 g/mol. The lowest BCUT2D eigenvalue weighted by atomic mass is 10.2. The summed E-state index contributed by atoms with van der Waals surface area (Å²) in [6, 6.07) is 7.73. The maximum absolute atomic E-state index is 13.5. The smallest absolute Gasteiger partial charge is 0.244 e. The van der Waals surface area contributed by atoms with Crippen LogP contribution in [0, 0.1) is 12.7 Å². The van der Waals surface area contributed by atoms with Gasteiger partial charge in [0, 0.05) is 5.02 Å². The van der Waals surface area contributed by atoms with Crippen LogP contribution in [0.3, 0.4) is 0 Å². The summed E-state index contributed by atoms with van der Waals surface area (Å²) in [6.45, 7) is 3.88. The molecule has 0 bridgehead atoms. The molecule has 1 atom stereocenters. The van der Waals surface area contributed by atoms with Gasteiger partial charge in [-0.1, -0.05) is 36.2 Å². The first-order valence-electron chi connectivity index (χ1n) is 9.15. The molecule has 0 fully saturated rings. The Labute approximate surface area is 186 Å². The van der Waals surface area contributed by atoms with E-state index in [1.807, 2.05) is 13.0 Å². The Balaban J connectivity index is 2.07. The summed E-state index contributed by atoms with van der Waals surface area (Å²) in [7, 11) is -3.84. The van der Waals surface area contributed by atoms with E-state index in [0.29, 0.717) is 10.8 Å². The highest BCUT2D eigenvalue weighted by Crippen LogP contribution is 2.27. The number of hydrogen-bond donors (Lipinski definition) is 1. The number of sulfonamides is 1. The van der Waals surface area contributed by atoms with Gasteiger partial charge in [0.15, 0.2) is 0 Å². The molecule has 1 amide bonds. The monoisotopic (exact) mass is 476 g/mol. The van der Waals surface area contributed by atoms with Gasteiger partial charge < -0.3 is 10.1 Å². The SMILES string of the molecule is CC[C@H](C(=O)NCCOc1ccc(C)c(Cl)c1)N(c1ccc(F)c(Cl)c1)S(C)(=O)=O. The molecule has 0 heterocycles. The fourth-order valence-electron chi connectivity index (χ4n) is 2.81. The molecule has 0 aliphatic heterocycles. The Morgan fingerprint density at radius 3 is 2.47 bits per heavy atom. The van der Waals surface area contributed by atoms with Crippen molar-refractivity contribution in [1.29, 1.82) is 0 Å². The lowest BCUT2D eigenvalue weighted by molar-refractivity contribution is -0.122. The summed E-state index contributed by atoms with van der Waals surface area (Å²) < 4.78 is 44.7. The third-order valence-electron chi connectivity index (χ3n) is 4.30. The first kappa shape index (κ1) is 24.2. The van der Waals surface area contributed by atoms with E-state index in [4.69, 9.17) is 27.9 Å². The minimum atomic E-state index is -3.84. The predicted octanol–water partition coefficient (Wildman–Crippen LogP) is 4.18. The number of anilines is 1. The summed E-state index contributed by atoms with van der Waals surface area (Å²) in [5.74, 6) is -0.626. The van der Waals surface area contributed by atoms with Crippen LogP contribution in [-0.2, 0) is 14.8 Å². The van der Waals surface area contributed by atoms with Crippen molar-refractivity contribution in [2.75, 3.05) is 23.7 Å². The molecule has 164 valence electrons. The van der Waals surface area contributed by atoms with E-state index in [-0.39, 0.29) is 30.3 Å². The van der Waals surface area contributed by atoms with Crippen LogP contribution in [0.4, 0.5) is 10.1 Å². The standard InChI is InChI=1S/C20H23Cl2FN2O4S/c1-4-19(25(30(3,27)28)14-6-8-18(23)17(22)11-14)20(26)24-9-10-29-15-7-5-13(2)16(21)12-15/h5-8,11-12,19H,4,9-10H2,1-3H3,(H,24,26)/t19-/m1/s1. The minimum absolute atomic E-state index is 0.108. The second-order valence-corrected chi connectivity index (χ2v) is 9.31. The third kappa shape index (κ3) is 6.23. The van der Waals surface area contributed by atoms with Crippen LogP contribution >= 0.6 is 23.2 Å². The fourth-order valence-corrected chi connectivity index (χ4v) is 4.36. The van der Waals surface area contributed by atoms with E-state index in [1.54, 1.807) is 19.1 Å². The summed E-state index contributed by atoms with van der Waals surface area (Å²) in [4.78, 5) is 12.7. The summed E-state index contributed by atoms with van der Waals surface area (Å²) >= 11 is 11.8. The van der Waals surface area contributed by atoms with Gasteiger partial charge in [0.2, 0.25) is 15.9 Å². The molecule has 1 N–H and O–H groups in total. The second kappa shape index (κ2) is 10.3. The molecular formula is C20H23Cl2FN2O4S. The molecule has 0 saturated heterocycles. The molecule has 0 aromatic heterocycles. The number of aryl methyl sites for hydroxylation is 1. The van der Waals surface area contributed by atoms with Crippen LogP contribution in [0.5, 0.6) is 5.75 Å². The zero-order valence-corrected chi connectivity index (χ0v) is 19.1. The molecule has 0 spiro atoms. The van der Waals surface area contributed by atoms with Crippen molar-refractivity contribution in [3.63, 3.8) is 0 Å². The zero-order valence-electron chi connectivity index (χ0n) is 16.8. The van der Waals surface area contributed by atoms with Gasteiger partial charge in [0.05, 0.1) is 23.5 Å². The van der Waals surface area contributed by atoms with E-state index < -0.39 is 27.8 Å². The number of halogens is 3. The van der Waals surface area contributed by atoms with E-state index in [0.717, 1.165) is 22.2 Å². The number of ether oxygens (including phenoxy) is 1. The molecule has 10 heteroatoms. The van der Waals surface area contributed by atoms with Crippen molar-refractivity contribution in [3.8, 4) is 5.75 Å². The first-order valence-corrected chi connectivity index (χ1v) is 11.8. The molecule has 2 aromatic carbocycles. The molecular weight excluding hydrogens is 454 g/mol. The van der Waals surface area contributed by atoms with E-state index in [9.17, 15) is 17.6 Å². The molecule has 0 aliphatic carbocycles. The summed E-state index contributed by atoms with van der Waals surface area (Å²) in [5, 5.41) is 3.01. The Kier molecular flexibility index (Phi) is 8.34. The van der Waals surface area contributed by atoms with Crippen LogP contribution in [0.15, 0.2) is 36.4 Å². The van der Waals surface area contributed by atoms with Gasteiger partial charge in [-0.3, -0.25) is 9.10 Å². The van der Waals surface area contributed by atoms with Crippen LogP contribution in [0.2, 0.25) is 10.0 Å². The Morgan fingerprint density at radius 2 is 1.90 bits per heavy atom. The van der Waals surface area contributed by atoms with Crippen molar-refractivity contribution in [3.05, 3.63) is 57.8 Å². The number of hydrogen-bond acceptors (Lipinski definition) is 4. The van der Waals surface area contributed by atoms with Gasteiger partial charge in [0.1, 0.15) is 24.2 Å². The van der Waals surface area contributed by atoms with Crippen LogP contribution in [0.25, 0.3) is 0 Å². The number of rotatable bonds is 9. The van der Waals surface area contributed by atoms with Gasteiger partial charge in [-0.15, -0.1) is 0 Å². The topological polar surface area (TPSA) is 75.7 Å². The summed E-state index contributed by atoms with van der Waals surface area (Å²) in [5.41, 5.74) is 1.03. The summed E-state index contributed by atoms with van der Waals surface area (Å²) in [6.07, 6.45) is 1.17. The van der Waals surface area contributed by atoms with E-state index >= 15 is 0 Å². The molecule has 0 unspecified atom stereocenters. The van der Waals surface area contributed by atoms with Gasteiger partial charge >= 0.3 is 0 Å². The number of carbonyl (C=O) groups is 1. The number of carbonyl (C=O) groups excluding carboxylic acids is 1. The molecule has 2 aromatic rings. The number of nitrogens with zero attached hydrogens (tertiary/aromatic N) is 1. The van der Waals surface area contributed by atoms with Crippen LogP contribution in [0.1, 0.15) is 18.9 Å². The number of amides is 1. The maximum atomic E-state index is 13.5. The highest BCUT2D eigenvalue weighted by molar-refractivity contribution is 7.92. The molecule has 30 heavy (non-hydrogen) atoms. The van der Waals surface area contributed by atoms with Crippen molar-refractivity contribution in [1.82, 2.24) is 5.32 Å². The normalized spacial score (nSPS) is 12.3. The highest BCUT2D eigenvalue weighted by atomic mass is 35.5. The Hall–Kier alpha value is -2.03. The minimum Gasteiger partial charge on any atom is -0.492 e. The number of nitrogens with one attached hydrogen (secondary N) is 1. The average Bonchev–Trinajstić information content (AvgIpc) is 2.67. The first-order chi connectivity index (χ1) is 14.0. The number of benzene rings is 2. The van der Waals surface area contributed by atoms with Crippen molar-refractivity contribution < 1.29 is 22.3 Å². The largest absolute Gasteiger partial charge is 0.492 e. The highest BCUT2D eigenvalue weighted by Gasteiger charge is 2.31. The van der Waals surface area contributed by atoms with Gasteiger partial charge in [-0.05, 0) is 49.2 Å². The van der Waals surface area contributed by atoms with E-state index in [1.165, 1.54) is 12.1 Å². The Morgan fingerprint density at radius 1 is 1.20 bits per heavy atom. The van der Waals surface area contributed by atoms with Crippen molar-refractivity contribution in [2.24, 2.45) is 0 Å². The van der Waals surface area contributed by atoms with Gasteiger partial charge in [-0.2, -0.15) is 0 Å². The van der Waals surface area contributed by atoms with E-state index in [2.05, 4.69) is 5.32 Å². The Bertz CT molecular complexity index is 1020. The van der Waals surface area contributed by atoms with Crippen molar-refractivity contribution >= 4 is 44.8 Å². The molecule has 2 rings (SSSR count). The fraction of sp³-hybridized carbons (Fsp3) is 0.350. The van der Waals surface area contributed by atoms with Crippen LogP contribution < -0.4 is 14.4 Å². The zero-order chi connectivity index (χ0) is 22.5. The van der Waals surface area contributed by atoms with Crippen molar-refractivity contribution in [2.45, 2.75) is 26.3 Å². The van der Waals surface area contributed by atoms with Crippen LogP contribution in [-0.4, -0.2) is 39.8 Å². The molecule has 0 radical (unpaired) electrons. The predicted molar refractivity (Wildman–Crippen MR) is 118 cm³/mol. The second-order valence-electron chi connectivity index (χ2n) is 6.63. The lowest BCUT2D eigenvalue weighted by Gasteiger charge is -2.30. The molecule has 0 saturated carbocycles. The molecule has 6 nitrogen and oxygen atoms in total. The molecule has 0 aliphatic rings. The maximum Gasteiger partial charge on any atom is 0.244 e. The van der Waals surface area contributed by atoms with Gasteiger partial charge in [0.25, 0.3) is 0 Å². The quantitative estimate of drug-likeness (QED) is 0.550.